The highest BCUT2D eigenvalue weighted by Crippen LogP contribution is 2.55. The Hall–Kier alpha value is -7.02. The molecule has 0 amide bonds. The van der Waals surface area contributed by atoms with Crippen LogP contribution in [0.5, 0.6) is 0 Å². The van der Waals surface area contributed by atoms with Crippen LogP contribution < -0.4 is 0 Å². The fourth-order valence-electron chi connectivity index (χ4n) is 12.0. The monoisotopic (exact) mass is 981 g/mol. The molecule has 9 aromatic rings. The van der Waals surface area contributed by atoms with Gasteiger partial charge in [0, 0.05) is 5.41 Å². The van der Waals surface area contributed by atoms with Gasteiger partial charge in [-0.25, -0.2) is 0 Å². The number of hydrogen-bond acceptors (Lipinski definition) is 0. The van der Waals surface area contributed by atoms with Crippen molar-refractivity contribution in [2.45, 2.75) is 137 Å². The van der Waals surface area contributed by atoms with Crippen molar-refractivity contribution < 1.29 is 0 Å². The van der Waals surface area contributed by atoms with Gasteiger partial charge in [0.1, 0.15) is 0 Å². The Morgan fingerprint density at radius 1 is 0.320 bits per heavy atom. The SMILES string of the molecule is CCCCCCCCC1(CCCCCCCC)c2cc(C)ccc2-c2ccc(C)cc21.Cc1ccc(C(=Cc2c3ccccc3c(C=C(c3ccccc3)c3ccc(C)cc3)c3ccccc23)c2ccccc2)cc1. The Kier molecular flexibility index (Phi) is 17.9. The molecule has 9 aromatic carbocycles. The van der Waals surface area contributed by atoms with Gasteiger partial charge in [-0.3, -0.25) is 0 Å². The number of rotatable bonds is 20. The molecule has 0 saturated heterocycles. The van der Waals surface area contributed by atoms with E-state index in [1.54, 1.807) is 11.1 Å². The van der Waals surface area contributed by atoms with Crippen molar-refractivity contribution in [1.29, 1.82) is 0 Å². The van der Waals surface area contributed by atoms with Crippen LogP contribution in [0.3, 0.4) is 0 Å². The van der Waals surface area contributed by atoms with Crippen LogP contribution in [0.2, 0.25) is 0 Å². The third-order valence-corrected chi connectivity index (χ3v) is 16.1. The molecule has 380 valence electrons. The van der Waals surface area contributed by atoms with E-state index in [9.17, 15) is 0 Å². The minimum Gasteiger partial charge on any atom is -0.0654 e. The standard InChI is InChI=1S/C44H34.C31H46/c1-31-21-25-35(26-22-31)41(33-13-5-3-6-14-33)29-43-37-17-9-11-19-39(37)44(40-20-12-10-18-38(40)43)30-42(34-15-7-4-8-16-34)36-27-23-32(2)24-28-36;1-5-7-9-11-13-15-21-31(22-16-14-12-10-8-6-2)29-23-25(3)17-19-27(29)28-20-18-26(4)24-30(28)31/h3-30H,1-2H3;17-20,23-24H,5-16,21-22H2,1-4H3. The maximum absolute atomic E-state index is 2.53. The van der Waals surface area contributed by atoms with Gasteiger partial charge in [0.25, 0.3) is 0 Å². The topological polar surface area (TPSA) is 0 Å². The summed E-state index contributed by atoms with van der Waals surface area (Å²) in [5.74, 6) is 0. The Balaban J connectivity index is 0.000000196. The van der Waals surface area contributed by atoms with Crippen molar-refractivity contribution in [2.24, 2.45) is 0 Å². The molecule has 0 spiro atoms. The van der Waals surface area contributed by atoms with Crippen molar-refractivity contribution in [3.8, 4) is 11.1 Å². The van der Waals surface area contributed by atoms with Gasteiger partial charge in [0.05, 0.1) is 0 Å². The molecule has 0 aliphatic heterocycles. The van der Waals surface area contributed by atoms with Gasteiger partial charge in [-0.1, -0.05) is 307 Å². The molecule has 0 nitrogen and oxygen atoms in total. The van der Waals surface area contributed by atoms with Crippen LogP contribution in [0.4, 0.5) is 0 Å². The fourth-order valence-corrected chi connectivity index (χ4v) is 12.0. The predicted molar refractivity (Wildman–Crippen MR) is 329 cm³/mol. The average Bonchev–Trinajstić information content (AvgIpc) is 3.71. The quantitative estimate of drug-likeness (QED) is 0.0406. The number of benzene rings is 9. The van der Waals surface area contributed by atoms with E-state index in [0.29, 0.717) is 0 Å². The maximum atomic E-state index is 2.53. The van der Waals surface area contributed by atoms with E-state index in [1.165, 1.54) is 189 Å². The van der Waals surface area contributed by atoms with Crippen LogP contribution in [0, 0.1) is 27.7 Å². The molecule has 0 heterocycles. The van der Waals surface area contributed by atoms with E-state index in [4.69, 9.17) is 0 Å². The molecule has 0 atom stereocenters. The lowest BCUT2D eigenvalue weighted by atomic mass is 9.70. The van der Waals surface area contributed by atoms with E-state index in [2.05, 4.69) is 248 Å². The molecule has 1 aliphatic carbocycles. The summed E-state index contributed by atoms with van der Waals surface area (Å²) in [6, 6.07) is 71.5. The lowest BCUT2D eigenvalue weighted by Crippen LogP contribution is -2.25. The highest BCUT2D eigenvalue weighted by atomic mass is 14.4. The number of fused-ring (bicyclic) bond motifs is 5. The molecule has 0 N–H and O–H groups in total. The maximum Gasteiger partial charge on any atom is 0.0215 e. The molecule has 0 aromatic heterocycles. The second kappa shape index (κ2) is 25.5. The Bertz CT molecular complexity index is 3060. The molecular weight excluding hydrogens is 901 g/mol. The first-order valence-corrected chi connectivity index (χ1v) is 28.6. The number of hydrogen-bond donors (Lipinski definition) is 0. The van der Waals surface area contributed by atoms with Crippen LogP contribution in [0.15, 0.2) is 194 Å². The van der Waals surface area contributed by atoms with Crippen molar-refractivity contribution in [3.05, 3.63) is 261 Å². The van der Waals surface area contributed by atoms with Gasteiger partial charge in [-0.2, -0.15) is 0 Å². The third kappa shape index (κ3) is 12.4. The molecular formula is C75H80. The van der Waals surface area contributed by atoms with Crippen LogP contribution in [0.1, 0.15) is 171 Å². The van der Waals surface area contributed by atoms with E-state index in [1.807, 2.05) is 0 Å². The summed E-state index contributed by atoms with van der Waals surface area (Å²) in [6.45, 7) is 13.5. The lowest BCUT2D eigenvalue weighted by molar-refractivity contribution is 0.397. The smallest absolute Gasteiger partial charge is 0.0215 e. The number of unbranched alkanes of at least 4 members (excludes halogenated alkanes) is 10. The molecule has 0 fully saturated rings. The summed E-state index contributed by atoms with van der Waals surface area (Å²) in [5, 5.41) is 4.98. The molecule has 0 bridgehead atoms. The molecule has 0 heteroatoms. The zero-order valence-electron chi connectivity index (χ0n) is 46.0. The summed E-state index contributed by atoms with van der Waals surface area (Å²) < 4.78 is 0. The van der Waals surface area contributed by atoms with E-state index < -0.39 is 0 Å². The molecule has 0 saturated carbocycles. The second-order valence-electron chi connectivity index (χ2n) is 21.7. The molecule has 0 unspecified atom stereocenters. The van der Waals surface area contributed by atoms with Gasteiger partial charge in [0.2, 0.25) is 0 Å². The molecule has 0 radical (unpaired) electrons. The van der Waals surface area contributed by atoms with Gasteiger partial charge in [-0.05, 0) is 141 Å². The molecule has 10 rings (SSSR count). The highest BCUT2D eigenvalue weighted by Gasteiger charge is 2.42. The predicted octanol–water partition coefficient (Wildman–Crippen LogP) is 21.9. The second-order valence-corrected chi connectivity index (χ2v) is 21.7. The summed E-state index contributed by atoms with van der Waals surface area (Å²) in [7, 11) is 0. The van der Waals surface area contributed by atoms with Crippen LogP contribution in [-0.2, 0) is 5.41 Å². The van der Waals surface area contributed by atoms with Gasteiger partial charge < -0.3 is 0 Å². The summed E-state index contributed by atoms with van der Waals surface area (Å²) in [4.78, 5) is 0. The van der Waals surface area contributed by atoms with Gasteiger partial charge in [-0.15, -0.1) is 0 Å². The zero-order chi connectivity index (χ0) is 52.0. The number of aryl methyl sites for hydroxylation is 4. The Morgan fingerprint density at radius 2 is 0.627 bits per heavy atom. The first-order valence-electron chi connectivity index (χ1n) is 28.6. The highest BCUT2D eigenvalue weighted by molar-refractivity contribution is 6.17. The van der Waals surface area contributed by atoms with Crippen LogP contribution in [0.25, 0.3) is 56.0 Å². The minimum atomic E-state index is 0.234. The van der Waals surface area contributed by atoms with Crippen molar-refractivity contribution >= 4 is 44.8 Å². The van der Waals surface area contributed by atoms with Crippen LogP contribution in [-0.4, -0.2) is 0 Å². The summed E-state index contributed by atoms with van der Waals surface area (Å²) in [6.07, 6.45) is 24.0. The first-order chi connectivity index (χ1) is 36.8. The summed E-state index contributed by atoms with van der Waals surface area (Å²) in [5.41, 5.74) is 21.6. The van der Waals surface area contributed by atoms with E-state index >= 15 is 0 Å². The first kappa shape index (κ1) is 52.8. The van der Waals surface area contributed by atoms with Crippen molar-refractivity contribution in [3.63, 3.8) is 0 Å². The Morgan fingerprint density at radius 3 is 0.987 bits per heavy atom. The normalized spacial score (nSPS) is 12.9. The van der Waals surface area contributed by atoms with Gasteiger partial charge in [0.15, 0.2) is 0 Å². The molecule has 1 aliphatic rings. The van der Waals surface area contributed by atoms with Crippen molar-refractivity contribution in [1.82, 2.24) is 0 Å². The van der Waals surface area contributed by atoms with E-state index in [-0.39, 0.29) is 5.41 Å². The largest absolute Gasteiger partial charge is 0.0654 e. The summed E-state index contributed by atoms with van der Waals surface area (Å²) >= 11 is 0. The van der Waals surface area contributed by atoms with E-state index in [0.717, 1.165) is 0 Å². The van der Waals surface area contributed by atoms with Gasteiger partial charge >= 0.3 is 0 Å². The van der Waals surface area contributed by atoms with Crippen LogP contribution >= 0.6 is 0 Å². The minimum absolute atomic E-state index is 0.234. The Labute approximate surface area is 451 Å². The average molecular weight is 981 g/mol. The fraction of sp³-hybridized carbons (Fsp3) is 0.280. The molecule has 75 heavy (non-hydrogen) atoms. The zero-order valence-corrected chi connectivity index (χ0v) is 46.0. The third-order valence-electron chi connectivity index (χ3n) is 16.1. The van der Waals surface area contributed by atoms with Crippen molar-refractivity contribution in [2.75, 3.05) is 0 Å². The lowest BCUT2D eigenvalue weighted by Gasteiger charge is -2.33.